The highest BCUT2D eigenvalue weighted by Gasteiger charge is 2.06. The van der Waals surface area contributed by atoms with Crippen LogP contribution in [-0.4, -0.2) is 41.2 Å². The summed E-state index contributed by atoms with van der Waals surface area (Å²) in [7, 11) is 0.548. The molecule has 1 N–H and O–H groups in total. The van der Waals surface area contributed by atoms with Crippen molar-refractivity contribution in [3.63, 3.8) is 0 Å². The maximum Gasteiger partial charge on any atom is 0.147 e. The molecule has 0 aliphatic carbocycles. The van der Waals surface area contributed by atoms with E-state index in [0.717, 1.165) is 17.1 Å². The molecule has 1 aromatic carbocycles. The van der Waals surface area contributed by atoms with E-state index in [-0.39, 0.29) is 5.75 Å². The van der Waals surface area contributed by atoms with Gasteiger partial charge in [0.15, 0.2) is 0 Å². The Morgan fingerprint density at radius 2 is 2.05 bits per heavy atom. The van der Waals surface area contributed by atoms with Crippen molar-refractivity contribution >= 4 is 9.84 Å². The van der Waals surface area contributed by atoms with Crippen molar-refractivity contribution in [2.45, 2.75) is 13.0 Å². The summed E-state index contributed by atoms with van der Waals surface area (Å²) in [6.07, 6.45) is 1.72. The average Bonchev–Trinajstić information content (AvgIpc) is 2.35. The van der Waals surface area contributed by atoms with Crippen molar-refractivity contribution in [1.82, 2.24) is 5.32 Å². The molecule has 0 amide bonds. The maximum atomic E-state index is 11.0. The second-order valence-corrected chi connectivity index (χ2v) is 6.60. The Bertz CT molecular complexity index is 499. The number of ether oxygens (including phenoxy) is 2. The molecule has 5 nitrogen and oxygen atoms in total. The normalized spacial score (nSPS) is 11.3. The standard InChI is InChI=1S/C13H21NO4S/c1-14-10-11-9-12(17-2)5-6-13(11)18-7-4-8-19(3,15)16/h5-6,9,14H,4,7-8,10H2,1-3H3. The molecule has 0 spiro atoms. The van der Waals surface area contributed by atoms with Crippen LogP contribution in [0.25, 0.3) is 0 Å². The number of nitrogens with one attached hydrogen (secondary N) is 1. The fourth-order valence-corrected chi connectivity index (χ4v) is 2.30. The van der Waals surface area contributed by atoms with Crippen LogP contribution in [-0.2, 0) is 16.4 Å². The van der Waals surface area contributed by atoms with E-state index in [1.807, 2.05) is 25.2 Å². The second kappa shape index (κ2) is 7.35. The smallest absolute Gasteiger partial charge is 0.147 e. The molecule has 0 aliphatic rings. The van der Waals surface area contributed by atoms with Crippen LogP contribution in [0.2, 0.25) is 0 Å². The van der Waals surface area contributed by atoms with Crippen LogP contribution < -0.4 is 14.8 Å². The van der Waals surface area contributed by atoms with Crippen molar-refractivity contribution < 1.29 is 17.9 Å². The molecule has 108 valence electrons. The Balaban J connectivity index is 2.61. The van der Waals surface area contributed by atoms with Gasteiger partial charge in [0.25, 0.3) is 0 Å². The Hall–Kier alpha value is -1.27. The Labute approximate surface area is 114 Å². The molecule has 0 unspecified atom stereocenters. The van der Waals surface area contributed by atoms with E-state index in [9.17, 15) is 8.42 Å². The Kier molecular flexibility index (Phi) is 6.11. The fourth-order valence-electron chi connectivity index (χ4n) is 1.66. The molecule has 0 saturated heterocycles. The first-order chi connectivity index (χ1) is 8.96. The lowest BCUT2D eigenvalue weighted by Gasteiger charge is -2.12. The average molecular weight is 287 g/mol. The maximum absolute atomic E-state index is 11.0. The zero-order valence-corrected chi connectivity index (χ0v) is 12.4. The van der Waals surface area contributed by atoms with E-state index in [1.165, 1.54) is 6.26 Å². The highest BCUT2D eigenvalue weighted by molar-refractivity contribution is 7.90. The van der Waals surface area contributed by atoms with Gasteiger partial charge in [0, 0.05) is 18.4 Å². The minimum Gasteiger partial charge on any atom is -0.497 e. The van der Waals surface area contributed by atoms with Gasteiger partial charge in [-0.15, -0.1) is 0 Å². The minimum atomic E-state index is -2.92. The largest absolute Gasteiger partial charge is 0.497 e. The lowest BCUT2D eigenvalue weighted by molar-refractivity contribution is 0.313. The molecular weight excluding hydrogens is 266 g/mol. The summed E-state index contributed by atoms with van der Waals surface area (Å²) >= 11 is 0. The highest BCUT2D eigenvalue weighted by atomic mass is 32.2. The van der Waals surface area contributed by atoms with Crippen LogP contribution in [0.3, 0.4) is 0 Å². The fraction of sp³-hybridized carbons (Fsp3) is 0.538. The van der Waals surface area contributed by atoms with Gasteiger partial charge in [-0.3, -0.25) is 0 Å². The first kappa shape index (κ1) is 15.8. The molecule has 0 radical (unpaired) electrons. The van der Waals surface area contributed by atoms with Gasteiger partial charge in [-0.1, -0.05) is 0 Å². The van der Waals surface area contributed by atoms with Gasteiger partial charge in [-0.05, 0) is 31.7 Å². The van der Waals surface area contributed by atoms with E-state index in [1.54, 1.807) is 7.11 Å². The van der Waals surface area contributed by atoms with E-state index < -0.39 is 9.84 Å². The molecule has 0 fully saturated rings. The summed E-state index contributed by atoms with van der Waals surface area (Å²) in [6, 6.07) is 5.57. The third-order valence-electron chi connectivity index (χ3n) is 2.55. The quantitative estimate of drug-likeness (QED) is 0.729. The number of sulfone groups is 1. The predicted molar refractivity (Wildman–Crippen MR) is 75.6 cm³/mol. The summed E-state index contributed by atoms with van der Waals surface area (Å²) < 4.78 is 32.8. The molecule has 19 heavy (non-hydrogen) atoms. The molecular formula is C13H21NO4S. The number of methoxy groups -OCH3 is 1. The van der Waals surface area contributed by atoms with E-state index >= 15 is 0 Å². The Morgan fingerprint density at radius 3 is 2.63 bits per heavy atom. The topological polar surface area (TPSA) is 64.6 Å². The molecule has 6 heteroatoms. The third kappa shape index (κ3) is 5.94. The predicted octanol–water partition coefficient (Wildman–Crippen LogP) is 1.23. The Morgan fingerprint density at radius 1 is 1.32 bits per heavy atom. The van der Waals surface area contributed by atoms with Crippen LogP contribution in [0.5, 0.6) is 11.5 Å². The molecule has 0 aliphatic heterocycles. The molecule has 0 aromatic heterocycles. The van der Waals surface area contributed by atoms with Crippen molar-refractivity contribution in [3.8, 4) is 11.5 Å². The van der Waals surface area contributed by atoms with Gasteiger partial charge in [0.1, 0.15) is 21.3 Å². The SMILES string of the molecule is CNCc1cc(OC)ccc1OCCCS(C)(=O)=O. The highest BCUT2D eigenvalue weighted by Crippen LogP contribution is 2.24. The first-order valence-electron chi connectivity index (χ1n) is 6.08. The number of rotatable bonds is 8. The summed E-state index contributed by atoms with van der Waals surface area (Å²) in [5.41, 5.74) is 0.987. The number of benzene rings is 1. The zero-order valence-electron chi connectivity index (χ0n) is 11.6. The van der Waals surface area contributed by atoms with E-state index in [4.69, 9.17) is 9.47 Å². The van der Waals surface area contributed by atoms with Crippen molar-refractivity contribution in [3.05, 3.63) is 23.8 Å². The van der Waals surface area contributed by atoms with Gasteiger partial charge in [-0.2, -0.15) is 0 Å². The van der Waals surface area contributed by atoms with E-state index in [2.05, 4.69) is 5.32 Å². The summed E-state index contributed by atoms with van der Waals surface area (Å²) in [5, 5.41) is 3.06. The van der Waals surface area contributed by atoms with Crippen LogP contribution in [0.1, 0.15) is 12.0 Å². The van der Waals surface area contributed by atoms with Crippen LogP contribution in [0.15, 0.2) is 18.2 Å². The van der Waals surface area contributed by atoms with Gasteiger partial charge in [-0.25, -0.2) is 8.42 Å². The molecule has 0 atom stereocenters. The minimum absolute atomic E-state index is 0.143. The number of hydrogen-bond donors (Lipinski definition) is 1. The molecule has 1 aromatic rings. The van der Waals surface area contributed by atoms with Crippen LogP contribution in [0, 0.1) is 0 Å². The lowest BCUT2D eigenvalue weighted by Crippen LogP contribution is -2.11. The monoisotopic (exact) mass is 287 g/mol. The molecule has 0 heterocycles. The van der Waals surface area contributed by atoms with Crippen molar-refractivity contribution in [2.75, 3.05) is 32.8 Å². The van der Waals surface area contributed by atoms with Gasteiger partial charge < -0.3 is 14.8 Å². The zero-order chi connectivity index (χ0) is 14.3. The molecule has 1 rings (SSSR count). The summed E-state index contributed by atoms with van der Waals surface area (Å²) in [5.74, 6) is 1.67. The van der Waals surface area contributed by atoms with Gasteiger partial charge >= 0.3 is 0 Å². The first-order valence-corrected chi connectivity index (χ1v) is 8.14. The van der Waals surface area contributed by atoms with Gasteiger partial charge in [0.2, 0.25) is 0 Å². The van der Waals surface area contributed by atoms with Crippen molar-refractivity contribution in [2.24, 2.45) is 0 Å². The lowest BCUT2D eigenvalue weighted by atomic mass is 10.2. The second-order valence-electron chi connectivity index (χ2n) is 4.34. The van der Waals surface area contributed by atoms with E-state index in [0.29, 0.717) is 19.6 Å². The van der Waals surface area contributed by atoms with Gasteiger partial charge in [0.05, 0.1) is 19.5 Å². The summed E-state index contributed by atoms with van der Waals surface area (Å²) in [6.45, 7) is 1.05. The summed E-state index contributed by atoms with van der Waals surface area (Å²) in [4.78, 5) is 0. The molecule has 0 bridgehead atoms. The van der Waals surface area contributed by atoms with Crippen LogP contribution in [0.4, 0.5) is 0 Å². The third-order valence-corrected chi connectivity index (χ3v) is 3.58. The van der Waals surface area contributed by atoms with Crippen molar-refractivity contribution in [1.29, 1.82) is 0 Å². The number of hydrogen-bond acceptors (Lipinski definition) is 5. The molecule has 0 saturated carbocycles. The van der Waals surface area contributed by atoms with Crippen LogP contribution >= 0.6 is 0 Å².